The number of aryl methyl sites for hydroxylation is 1. The molecule has 30 heavy (non-hydrogen) atoms. The first-order valence-electron chi connectivity index (χ1n) is 9.42. The van der Waals surface area contributed by atoms with E-state index in [9.17, 15) is 22.4 Å². The molecule has 1 heterocycles. The van der Waals surface area contributed by atoms with Crippen LogP contribution in [0.3, 0.4) is 0 Å². The van der Waals surface area contributed by atoms with Crippen molar-refractivity contribution in [3.05, 3.63) is 58.9 Å². The van der Waals surface area contributed by atoms with Gasteiger partial charge >= 0.3 is 12.1 Å². The molecule has 1 aliphatic rings. The molecule has 3 rings (SSSR count). The number of piperazine rings is 1. The fraction of sp³-hybridized carbons (Fsp3) is 0.381. The second-order valence-electron chi connectivity index (χ2n) is 7.35. The van der Waals surface area contributed by atoms with Gasteiger partial charge in [-0.2, -0.15) is 13.2 Å². The van der Waals surface area contributed by atoms with Gasteiger partial charge in [0.05, 0.1) is 12.0 Å². The van der Waals surface area contributed by atoms with Crippen molar-refractivity contribution in [2.75, 3.05) is 24.5 Å². The Morgan fingerprint density at radius 1 is 1.20 bits per heavy atom. The lowest BCUT2D eigenvalue weighted by atomic mass is 10.1. The summed E-state index contributed by atoms with van der Waals surface area (Å²) in [5, 5.41) is 9.05. The van der Waals surface area contributed by atoms with Crippen molar-refractivity contribution in [1.29, 1.82) is 0 Å². The molecule has 0 spiro atoms. The lowest BCUT2D eigenvalue weighted by Gasteiger charge is -2.40. The average Bonchev–Trinajstić information content (AvgIpc) is 2.64. The summed E-state index contributed by atoms with van der Waals surface area (Å²) in [7, 11) is 0. The molecule has 1 unspecified atom stereocenters. The zero-order valence-corrected chi connectivity index (χ0v) is 17.4. The van der Waals surface area contributed by atoms with E-state index in [-0.39, 0.29) is 12.5 Å². The number of nitrogens with zero attached hydrogens (tertiary/aromatic N) is 2. The highest BCUT2D eigenvalue weighted by Gasteiger charge is 2.34. The highest BCUT2D eigenvalue weighted by atomic mass is 32.2. The number of anilines is 1. The Morgan fingerprint density at radius 2 is 1.93 bits per heavy atom. The van der Waals surface area contributed by atoms with E-state index in [0.717, 1.165) is 28.2 Å². The van der Waals surface area contributed by atoms with Gasteiger partial charge in [0.2, 0.25) is 0 Å². The fourth-order valence-corrected chi connectivity index (χ4v) is 4.45. The van der Waals surface area contributed by atoms with Crippen LogP contribution in [-0.2, 0) is 17.4 Å². The Labute approximate surface area is 176 Å². The summed E-state index contributed by atoms with van der Waals surface area (Å²) in [6, 6.07) is 8.79. The maximum absolute atomic E-state index is 13.9. The predicted octanol–water partition coefficient (Wildman–Crippen LogP) is 5.00. The van der Waals surface area contributed by atoms with Gasteiger partial charge < -0.3 is 10.0 Å². The minimum absolute atomic E-state index is 0.0386. The van der Waals surface area contributed by atoms with Crippen LogP contribution in [0.25, 0.3) is 0 Å². The van der Waals surface area contributed by atoms with Gasteiger partial charge in [0.15, 0.2) is 0 Å². The first kappa shape index (κ1) is 22.4. The van der Waals surface area contributed by atoms with Gasteiger partial charge in [0.25, 0.3) is 0 Å². The molecule has 1 aliphatic heterocycles. The molecule has 0 aliphatic carbocycles. The second-order valence-corrected chi connectivity index (χ2v) is 8.47. The van der Waals surface area contributed by atoms with Crippen molar-refractivity contribution < 1.29 is 27.5 Å². The van der Waals surface area contributed by atoms with Gasteiger partial charge in [-0.05, 0) is 67.3 Å². The van der Waals surface area contributed by atoms with Crippen LogP contribution in [0.15, 0.2) is 41.3 Å². The summed E-state index contributed by atoms with van der Waals surface area (Å²) in [5.41, 5.74) is 0.851. The van der Waals surface area contributed by atoms with Crippen molar-refractivity contribution in [3.63, 3.8) is 0 Å². The molecule has 0 bridgehead atoms. The smallest absolute Gasteiger partial charge is 0.419 e. The standard InChI is InChI=1S/C21H22F4N2O2S/c1-13-3-5-17(9-15(13)10-20(28)29)30-27-8-7-26(12-14(27)2)16-4-6-18(19(22)11-16)21(23,24)25/h3-6,9,11,14H,7-8,10,12H2,1-2H3,(H,28,29). The molecular weight excluding hydrogens is 420 g/mol. The number of hydrogen-bond donors (Lipinski definition) is 1. The minimum Gasteiger partial charge on any atom is -0.481 e. The lowest BCUT2D eigenvalue weighted by Crippen LogP contribution is -2.49. The van der Waals surface area contributed by atoms with E-state index in [1.165, 1.54) is 18.0 Å². The van der Waals surface area contributed by atoms with Gasteiger partial charge in [-0.25, -0.2) is 8.70 Å². The van der Waals surface area contributed by atoms with E-state index < -0.39 is 23.5 Å². The van der Waals surface area contributed by atoms with Crippen molar-refractivity contribution in [1.82, 2.24) is 4.31 Å². The van der Waals surface area contributed by atoms with E-state index in [0.29, 0.717) is 25.3 Å². The number of rotatable bonds is 5. The summed E-state index contributed by atoms with van der Waals surface area (Å²) in [4.78, 5) is 13.8. The molecule has 1 fully saturated rings. The Kier molecular flexibility index (Phi) is 6.62. The molecule has 0 amide bonds. The summed E-state index contributed by atoms with van der Waals surface area (Å²) in [6.07, 6.45) is -4.75. The van der Waals surface area contributed by atoms with E-state index >= 15 is 0 Å². The molecule has 1 atom stereocenters. The SMILES string of the molecule is Cc1ccc(SN2CCN(c3ccc(C(F)(F)F)c(F)c3)CC2C)cc1CC(=O)O. The number of carboxylic acids is 1. The van der Waals surface area contributed by atoms with E-state index in [1.54, 1.807) is 0 Å². The summed E-state index contributed by atoms with van der Waals surface area (Å²) in [6.45, 7) is 5.56. The zero-order chi connectivity index (χ0) is 22.1. The highest BCUT2D eigenvalue weighted by Crippen LogP contribution is 2.34. The van der Waals surface area contributed by atoms with Crippen LogP contribution >= 0.6 is 11.9 Å². The number of carbonyl (C=O) groups is 1. The molecular formula is C21H22F4N2O2S. The number of benzene rings is 2. The van der Waals surface area contributed by atoms with Gasteiger partial charge in [0, 0.05) is 36.3 Å². The lowest BCUT2D eigenvalue weighted by molar-refractivity contribution is -0.140. The molecule has 162 valence electrons. The summed E-state index contributed by atoms with van der Waals surface area (Å²) in [5.74, 6) is -2.15. The number of carboxylic acid groups (broad SMARTS) is 1. The second kappa shape index (κ2) is 8.85. The third-order valence-corrected chi connectivity index (χ3v) is 6.32. The number of hydrogen-bond acceptors (Lipinski definition) is 4. The first-order valence-corrected chi connectivity index (χ1v) is 10.2. The van der Waals surface area contributed by atoms with Gasteiger partial charge in [-0.3, -0.25) is 4.79 Å². The summed E-state index contributed by atoms with van der Waals surface area (Å²) < 4.78 is 54.4. The predicted molar refractivity (Wildman–Crippen MR) is 108 cm³/mol. The van der Waals surface area contributed by atoms with Crippen LogP contribution in [0.4, 0.5) is 23.2 Å². The Morgan fingerprint density at radius 3 is 2.53 bits per heavy atom. The van der Waals surface area contributed by atoms with Crippen LogP contribution < -0.4 is 4.90 Å². The Balaban J connectivity index is 1.67. The number of aliphatic carboxylic acids is 1. The molecule has 9 heteroatoms. The van der Waals surface area contributed by atoms with E-state index in [1.807, 2.05) is 36.9 Å². The van der Waals surface area contributed by atoms with Gasteiger partial charge in [0.1, 0.15) is 5.82 Å². The van der Waals surface area contributed by atoms with Gasteiger partial charge in [-0.1, -0.05) is 6.07 Å². The van der Waals surface area contributed by atoms with Crippen LogP contribution in [0, 0.1) is 12.7 Å². The Hall–Kier alpha value is -2.26. The van der Waals surface area contributed by atoms with Crippen LogP contribution in [0.5, 0.6) is 0 Å². The number of alkyl halides is 3. The number of halogens is 4. The fourth-order valence-electron chi connectivity index (χ4n) is 3.44. The third-order valence-electron chi connectivity index (χ3n) is 5.07. The van der Waals surface area contributed by atoms with Crippen LogP contribution in [-0.4, -0.2) is 41.1 Å². The van der Waals surface area contributed by atoms with Crippen molar-refractivity contribution in [2.45, 2.75) is 37.4 Å². The van der Waals surface area contributed by atoms with Crippen molar-refractivity contribution >= 4 is 23.6 Å². The van der Waals surface area contributed by atoms with Crippen molar-refractivity contribution in [3.8, 4) is 0 Å². The Bertz CT molecular complexity index is 936. The molecule has 4 nitrogen and oxygen atoms in total. The van der Waals surface area contributed by atoms with E-state index in [4.69, 9.17) is 5.11 Å². The van der Waals surface area contributed by atoms with Crippen LogP contribution in [0.2, 0.25) is 0 Å². The first-order chi connectivity index (χ1) is 14.0. The molecule has 0 aromatic heterocycles. The monoisotopic (exact) mass is 442 g/mol. The normalized spacial score (nSPS) is 17.9. The maximum Gasteiger partial charge on any atom is 0.419 e. The topological polar surface area (TPSA) is 43.8 Å². The molecule has 0 radical (unpaired) electrons. The quantitative estimate of drug-likeness (QED) is 0.522. The average molecular weight is 442 g/mol. The highest BCUT2D eigenvalue weighted by molar-refractivity contribution is 7.97. The maximum atomic E-state index is 13.9. The van der Waals surface area contributed by atoms with E-state index in [2.05, 4.69) is 4.31 Å². The molecule has 2 aromatic carbocycles. The van der Waals surface area contributed by atoms with Crippen LogP contribution in [0.1, 0.15) is 23.6 Å². The third kappa shape index (κ3) is 5.26. The zero-order valence-electron chi connectivity index (χ0n) is 16.5. The van der Waals surface area contributed by atoms with Gasteiger partial charge in [-0.15, -0.1) is 0 Å². The molecule has 0 saturated carbocycles. The minimum atomic E-state index is -4.71. The molecule has 1 N–H and O–H groups in total. The molecule has 1 saturated heterocycles. The summed E-state index contributed by atoms with van der Waals surface area (Å²) >= 11 is 1.52. The largest absolute Gasteiger partial charge is 0.481 e. The van der Waals surface area contributed by atoms with Crippen molar-refractivity contribution in [2.24, 2.45) is 0 Å². The molecule has 2 aromatic rings.